The van der Waals surface area contributed by atoms with Gasteiger partial charge in [-0.25, -0.2) is 0 Å². The highest BCUT2D eigenvalue weighted by Gasteiger charge is 2.33. The van der Waals surface area contributed by atoms with Crippen molar-refractivity contribution in [2.75, 3.05) is 13.2 Å². The van der Waals surface area contributed by atoms with Crippen LogP contribution in [-0.4, -0.2) is 47.5 Å². The summed E-state index contributed by atoms with van der Waals surface area (Å²) in [4.78, 5) is 10.6. The molecule has 1 fully saturated rings. The molecule has 0 bridgehead atoms. The Morgan fingerprint density at radius 3 is 2.83 bits per heavy atom. The number of amides is 1. The maximum atomic E-state index is 10.6. The summed E-state index contributed by atoms with van der Waals surface area (Å²) < 4.78 is 0. The van der Waals surface area contributed by atoms with Crippen molar-refractivity contribution in [2.45, 2.75) is 25.1 Å². The van der Waals surface area contributed by atoms with Gasteiger partial charge in [-0.3, -0.25) is 4.79 Å². The second kappa shape index (κ2) is 3.84. The molecule has 1 aliphatic heterocycles. The van der Waals surface area contributed by atoms with Crippen LogP contribution in [0, 0.1) is 0 Å². The van der Waals surface area contributed by atoms with Gasteiger partial charge in [0, 0.05) is 13.5 Å². The minimum atomic E-state index is -0.695. The molecule has 1 rings (SSSR count). The zero-order chi connectivity index (χ0) is 9.14. The maximum Gasteiger partial charge on any atom is 0.217 e. The minimum Gasteiger partial charge on any atom is -0.395 e. The highest BCUT2D eigenvalue weighted by Crippen LogP contribution is 2.06. The predicted molar refractivity (Wildman–Crippen MR) is 42.5 cm³/mol. The van der Waals surface area contributed by atoms with Crippen LogP contribution < -0.4 is 10.6 Å². The third-order valence-electron chi connectivity index (χ3n) is 2.01. The average molecular weight is 174 g/mol. The van der Waals surface area contributed by atoms with Crippen LogP contribution in [0.25, 0.3) is 0 Å². The molecule has 0 unspecified atom stereocenters. The summed E-state index contributed by atoms with van der Waals surface area (Å²) >= 11 is 0. The summed E-state index contributed by atoms with van der Waals surface area (Å²) in [5.74, 6) is -0.167. The van der Waals surface area contributed by atoms with Crippen molar-refractivity contribution in [1.29, 1.82) is 0 Å². The van der Waals surface area contributed by atoms with E-state index in [2.05, 4.69) is 10.6 Å². The fraction of sp³-hybridized carbons (Fsp3) is 0.857. The monoisotopic (exact) mass is 174 g/mol. The smallest absolute Gasteiger partial charge is 0.217 e. The van der Waals surface area contributed by atoms with E-state index >= 15 is 0 Å². The van der Waals surface area contributed by atoms with Crippen LogP contribution in [0.1, 0.15) is 6.92 Å². The van der Waals surface area contributed by atoms with Gasteiger partial charge < -0.3 is 20.8 Å². The van der Waals surface area contributed by atoms with E-state index in [1.165, 1.54) is 6.92 Å². The molecule has 0 saturated carbocycles. The van der Waals surface area contributed by atoms with Gasteiger partial charge in [0.05, 0.1) is 24.8 Å². The molecule has 1 aliphatic rings. The normalized spacial score (nSPS) is 35.1. The quantitative estimate of drug-likeness (QED) is 0.383. The highest BCUT2D eigenvalue weighted by atomic mass is 16.3. The van der Waals surface area contributed by atoms with Gasteiger partial charge in [0.1, 0.15) is 0 Å². The van der Waals surface area contributed by atoms with Crippen molar-refractivity contribution in [3.8, 4) is 0 Å². The Labute approximate surface area is 70.8 Å². The van der Waals surface area contributed by atoms with Crippen LogP contribution in [0.15, 0.2) is 0 Å². The van der Waals surface area contributed by atoms with Gasteiger partial charge in [-0.1, -0.05) is 0 Å². The summed E-state index contributed by atoms with van der Waals surface area (Å²) in [5.41, 5.74) is 0. The van der Waals surface area contributed by atoms with Crippen LogP contribution in [0.5, 0.6) is 0 Å². The Balaban J connectivity index is 2.43. The Morgan fingerprint density at radius 1 is 1.75 bits per heavy atom. The van der Waals surface area contributed by atoms with E-state index < -0.39 is 6.10 Å². The Bertz CT molecular complexity index is 174. The number of carbonyl (C=O) groups excluding carboxylic acids is 1. The van der Waals surface area contributed by atoms with Crippen molar-refractivity contribution < 1.29 is 15.0 Å². The van der Waals surface area contributed by atoms with Crippen LogP contribution in [0.2, 0.25) is 0 Å². The molecule has 12 heavy (non-hydrogen) atoms. The molecular weight excluding hydrogens is 160 g/mol. The molecule has 1 saturated heterocycles. The molecule has 1 amide bonds. The molecule has 3 atom stereocenters. The molecule has 0 aromatic heterocycles. The lowest BCUT2D eigenvalue weighted by Gasteiger charge is -2.17. The molecule has 5 heteroatoms. The lowest BCUT2D eigenvalue weighted by Crippen LogP contribution is -2.44. The van der Waals surface area contributed by atoms with Gasteiger partial charge in [-0.15, -0.1) is 0 Å². The number of carbonyl (C=O) groups is 1. The number of aliphatic hydroxyl groups excluding tert-OH is 2. The van der Waals surface area contributed by atoms with Crippen LogP contribution >= 0.6 is 0 Å². The number of rotatable bonds is 2. The largest absolute Gasteiger partial charge is 0.395 e. The predicted octanol–water partition coefficient (Wildman–Crippen LogP) is -2.18. The number of hydrogen-bond acceptors (Lipinski definition) is 4. The number of aliphatic hydroxyl groups is 2. The molecule has 70 valence electrons. The van der Waals surface area contributed by atoms with Gasteiger partial charge in [0.25, 0.3) is 0 Å². The lowest BCUT2D eigenvalue weighted by molar-refractivity contribution is -0.120. The van der Waals surface area contributed by atoms with Crippen LogP contribution in [0.3, 0.4) is 0 Å². The molecule has 1 heterocycles. The molecule has 4 N–H and O–H groups in total. The molecule has 0 spiro atoms. The van der Waals surface area contributed by atoms with Crippen molar-refractivity contribution in [3.05, 3.63) is 0 Å². The summed E-state index contributed by atoms with van der Waals surface area (Å²) in [6, 6.07) is -0.596. The third-order valence-corrected chi connectivity index (χ3v) is 2.01. The molecule has 0 aliphatic carbocycles. The van der Waals surface area contributed by atoms with E-state index in [9.17, 15) is 9.90 Å². The molecule has 0 radical (unpaired) electrons. The fourth-order valence-electron chi connectivity index (χ4n) is 1.37. The van der Waals surface area contributed by atoms with Gasteiger partial charge in [-0.2, -0.15) is 0 Å². The van der Waals surface area contributed by atoms with Gasteiger partial charge >= 0.3 is 0 Å². The summed E-state index contributed by atoms with van der Waals surface area (Å²) in [7, 11) is 0. The SMILES string of the molecule is CC(=O)N[C@H]1CN[C@H](CO)[C@H]1O. The molecule has 0 aromatic carbocycles. The van der Waals surface area contributed by atoms with Crippen molar-refractivity contribution >= 4 is 5.91 Å². The van der Waals surface area contributed by atoms with Crippen LogP contribution in [-0.2, 0) is 4.79 Å². The standard InChI is InChI=1S/C7H14N2O3/c1-4(11)9-5-2-8-6(3-10)7(5)12/h5-8,10,12H,2-3H2,1H3,(H,9,11)/t5-,6+,7-/m0/s1. The van der Waals surface area contributed by atoms with E-state index in [1.807, 2.05) is 0 Å². The summed E-state index contributed by atoms with van der Waals surface area (Å²) in [5, 5.41) is 23.7. The number of hydrogen-bond donors (Lipinski definition) is 4. The number of nitrogens with one attached hydrogen (secondary N) is 2. The average Bonchev–Trinajstić information content (AvgIpc) is 2.32. The second-order valence-corrected chi connectivity index (χ2v) is 2.99. The van der Waals surface area contributed by atoms with Crippen LogP contribution in [0.4, 0.5) is 0 Å². The van der Waals surface area contributed by atoms with E-state index in [0.717, 1.165) is 0 Å². The van der Waals surface area contributed by atoms with Crippen molar-refractivity contribution in [2.24, 2.45) is 0 Å². The zero-order valence-electron chi connectivity index (χ0n) is 6.95. The Morgan fingerprint density at radius 2 is 2.42 bits per heavy atom. The lowest BCUT2D eigenvalue weighted by atomic mass is 10.1. The third kappa shape index (κ3) is 1.94. The molecular formula is C7H14N2O3. The van der Waals surface area contributed by atoms with E-state index in [1.54, 1.807) is 0 Å². The highest BCUT2D eigenvalue weighted by molar-refractivity contribution is 5.73. The first kappa shape index (κ1) is 9.44. The fourth-order valence-corrected chi connectivity index (χ4v) is 1.37. The first-order chi connectivity index (χ1) is 5.65. The van der Waals surface area contributed by atoms with E-state index in [-0.39, 0.29) is 24.6 Å². The topological polar surface area (TPSA) is 81.6 Å². The van der Waals surface area contributed by atoms with E-state index in [0.29, 0.717) is 6.54 Å². The summed E-state index contributed by atoms with van der Waals surface area (Å²) in [6.45, 7) is 1.79. The van der Waals surface area contributed by atoms with Gasteiger partial charge in [0.15, 0.2) is 0 Å². The van der Waals surface area contributed by atoms with Gasteiger partial charge in [0.2, 0.25) is 5.91 Å². The first-order valence-corrected chi connectivity index (χ1v) is 3.94. The second-order valence-electron chi connectivity index (χ2n) is 2.99. The van der Waals surface area contributed by atoms with Gasteiger partial charge in [-0.05, 0) is 0 Å². The Hall–Kier alpha value is -0.650. The maximum absolute atomic E-state index is 10.6. The first-order valence-electron chi connectivity index (χ1n) is 3.94. The zero-order valence-corrected chi connectivity index (χ0v) is 6.95. The Kier molecular flexibility index (Phi) is 3.02. The molecule has 0 aromatic rings. The molecule has 5 nitrogen and oxygen atoms in total. The summed E-state index contributed by atoms with van der Waals surface area (Å²) in [6.07, 6.45) is -0.695. The minimum absolute atomic E-state index is 0.114. The van der Waals surface area contributed by atoms with Crippen molar-refractivity contribution in [3.63, 3.8) is 0 Å². The van der Waals surface area contributed by atoms with Crippen molar-refractivity contribution in [1.82, 2.24) is 10.6 Å². The van der Waals surface area contributed by atoms with E-state index in [4.69, 9.17) is 5.11 Å².